The SMILES string of the molecule is COCc1ccccc1.O=CNCC(C(=O)O)c1ccccc1. The van der Waals surface area contributed by atoms with Gasteiger partial charge in [0, 0.05) is 13.7 Å². The van der Waals surface area contributed by atoms with Crippen LogP contribution in [0.15, 0.2) is 60.7 Å². The minimum absolute atomic E-state index is 0.114. The van der Waals surface area contributed by atoms with Gasteiger partial charge in [-0.15, -0.1) is 0 Å². The number of carbonyl (C=O) groups is 2. The molecule has 122 valence electrons. The largest absolute Gasteiger partial charge is 0.481 e. The van der Waals surface area contributed by atoms with Crippen molar-refractivity contribution in [3.63, 3.8) is 0 Å². The van der Waals surface area contributed by atoms with E-state index in [1.54, 1.807) is 31.4 Å². The summed E-state index contributed by atoms with van der Waals surface area (Å²) in [6, 6.07) is 18.9. The molecule has 0 aromatic heterocycles. The van der Waals surface area contributed by atoms with Gasteiger partial charge in [-0.2, -0.15) is 0 Å². The number of hydrogen-bond acceptors (Lipinski definition) is 3. The zero-order chi connectivity index (χ0) is 16.9. The fourth-order valence-corrected chi connectivity index (χ4v) is 1.94. The Morgan fingerprint density at radius 1 is 1.13 bits per heavy atom. The summed E-state index contributed by atoms with van der Waals surface area (Å²) < 4.78 is 4.93. The third-order valence-electron chi connectivity index (χ3n) is 3.06. The monoisotopic (exact) mass is 315 g/mol. The number of benzene rings is 2. The highest BCUT2D eigenvalue weighted by Gasteiger charge is 2.18. The first-order chi connectivity index (χ1) is 11.2. The molecular formula is C18H21NO4. The fourth-order valence-electron chi connectivity index (χ4n) is 1.94. The van der Waals surface area contributed by atoms with Gasteiger partial charge in [0.2, 0.25) is 6.41 Å². The average Bonchev–Trinajstić information content (AvgIpc) is 2.58. The van der Waals surface area contributed by atoms with Crippen molar-refractivity contribution in [3.8, 4) is 0 Å². The minimum atomic E-state index is -0.939. The Labute approximate surface area is 135 Å². The van der Waals surface area contributed by atoms with Crippen molar-refractivity contribution in [2.24, 2.45) is 0 Å². The lowest BCUT2D eigenvalue weighted by Gasteiger charge is -2.11. The quantitative estimate of drug-likeness (QED) is 0.770. The molecule has 0 aliphatic heterocycles. The van der Waals surface area contributed by atoms with Gasteiger partial charge in [0.1, 0.15) is 0 Å². The predicted octanol–water partition coefficient (Wildman–Crippen LogP) is 2.43. The van der Waals surface area contributed by atoms with E-state index in [1.165, 1.54) is 5.56 Å². The molecule has 1 unspecified atom stereocenters. The summed E-state index contributed by atoms with van der Waals surface area (Å²) in [5.41, 5.74) is 1.91. The third-order valence-corrected chi connectivity index (χ3v) is 3.06. The van der Waals surface area contributed by atoms with E-state index in [9.17, 15) is 9.59 Å². The Kier molecular flexibility index (Phi) is 8.78. The predicted molar refractivity (Wildman–Crippen MR) is 88.0 cm³/mol. The zero-order valence-corrected chi connectivity index (χ0v) is 13.0. The summed E-state index contributed by atoms with van der Waals surface area (Å²) in [7, 11) is 1.70. The normalized spacial score (nSPS) is 10.8. The lowest BCUT2D eigenvalue weighted by atomic mass is 9.99. The summed E-state index contributed by atoms with van der Waals surface area (Å²) in [4.78, 5) is 20.9. The summed E-state index contributed by atoms with van der Waals surface area (Å²) in [6.45, 7) is 0.823. The number of nitrogens with one attached hydrogen (secondary N) is 1. The van der Waals surface area contributed by atoms with Crippen molar-refractivity contribution in [1.82, 2.24) is 5.32 Å². The number of aliphatic carboxylic acids is 1. The molecule has 0 saturated heterocycles. The highest BCUT2D eigenvalue weighted by atomic mass is 16.5. The van der Waals surface area contributed by atoms with Crippen molar-refractivity contribution >= 4 is 12.4 Å². The fraction of sp³-hybridized carbons (Fsp3) is 0.222. The van der Waals surface area contributed by atoms with Crippen LogP contribution in [0.5, 0.6) is 0 Å². The number of carboxylic acids is 1. The Hall–Kier alpha value is -2.66. The Morgan fingerprint density at radius 3 is 2.17 bits per heavy atom. The molecule has 0 bridgehead atoms. The van der Waals surface area contributed by atoms with E-state index in [0.29, 0.717) is 18.6 Å². The molecule has 0 saturated carbocycles. The summed E-state index contributed by atoms with van der Waals surface area (Å²) >= 11 is 0. The highest BCUT2D eigenvalue weighted by Crippen LogP contribution is 2.14. The van der Waals surface area contributed by atoms with Gasteiger partial charge in [-0.25, -0.2) is 0 Å². The molecule has 0 heterocycles. The van der Waals surface area contributed by atoms with E-state index in [4.69, 9.17) is 9.84 Å². The molecule has 23 heavy (non-hydrogen) atoms. The standard InChI is InChI=1S/C10H11NO3.C8H10O/c12-7-11-6-9(10(13)14)8-4-2-1-3-5-8;1-9-7-8-5-3-2-4-6-8/h1-5,7,9H,6H2,(H,11,12)(H,13,14);2-6H,7H2,1H3. The molecule has 2 aromatic rings. The molecule has 1 atom stereocenters. The van der Waals surface area contributed by atoms with E-state index in [2.05, 4.69) is 5.32 Å². The molecule has 0 aliphatic carbocycles. The summed E-state index contributed by atoms with van der Waals surface area (Å²) in [5.74, 6) is -1.62. The second-order valence-corrected chi connectivity index (χ2v) is 4.75. The van der Waals surface area contributed by atoms with Crippen molar-refractivity contribution in [1.29, 1.82) is 0 Å². The molecule has 0 radical (unpaired) electrons. The molecule has 5 heteroatoms. The van der Waals surface area contributed by atoms with Crippen LogP contribution in [0, 0.1) is 0 Å². The molecule has 5 nitrogen and oxygen atoms in total. The summed E-state index contributed by atoms with van der Waals surface area (Å²) in [6.07, 6.45) is 0.499. The first-order valence-electron chi connectivity index (χ1n) is 7.16. The van der Waals surface area contributed by atoms with E-state index >= 15 is 0 Å². The van der Waals surface area contributed by atoms with Gasteiger partial charge < -0.3 is 15.2 Å². The topological polar surface area (TPSA) is 75.6 Å². The van der Waals surface area contributed by atoms with E-state index in [0.717, 1.165) is 0 Å². The maximum atomic E-state index is 10.8. The van der Waals surface area contributed by atoms with Gasteiger partial charge in [-0.1, -0.05) is 60.7 Å². The molecule has 0 aliphatic rings. The number of methoxy groups -OCH3 is 1. The van der Waals surface area contributed by atoms with E-state index in [1.807, 2.05) is 36.4 Å². The zero-order valence-electron chi connectivity index (χ0n) is 13.0. The van der Waals surface area contributed by atoms with Crippen LogP contribution in [0.3, 0.4) is 0 Å². The molecule has 0 fully saturated rings. The van der Waals surface area contributed by atoms with Crippen LogP contribution < -0.4 is 5.32 Å². The number of rotatable bonds is 7. The first-order valence-corrected chi connectivity index (χ1v) is 7.16. The number of hydrogen-bond donors (Lipinski definition) is 2. The molecule has 2 rings (SSSR count). The number of carbonyl (C=O) groups excluding carboxylic acids is 1. The Balaban J connectivity index is 0.000000253. The highest BCUT2D eigenvalue weighted by molar-refractivity contribution is 5.76. The van der Waals surface area contributed by atoms with Crippen molar-refractivity contribution in [2.75, 3.05) is 13.7 Å². The molecule has 0 spiro atoms. The smallest absolute Gasteiger partial charge is 0.312 e. The van der Waals surface area contributed by atoms with Crippen molar-refractivity contribution in [2.45, 2.75) is 12.5 Å². The summed E-state index contributed by atoms with van der Waals surface area (Å²) in [5, 5.41) is 11.3. The molecular weight excluding hydrogens is 294 g/mol. The van der Waals surface area contributed by atoms with Gasteiger partial charge in [-0.3, -0.25) is 9.59 Å². The van der Waals surface area contributed by atoms with Gasteiger partial charge >= 0.3 is 5.97 Å². The van der Waals surface area contributed by atoms with E-state index in [-0.39, 0.29) is 6.54 Å². The number of amides is 1. The van der Waals surface area contributed by atoms with Crippen molar-refractivity contribution < 1.29 is 19.4 Å². The lowest BCUT2D eigenvalue weighted by molar-refractivity contribution is -0.138. The van der Waals surface area contributed by atoms with Gasteiger partial charge in [-0.05, 0) is 11.1 Å². The Morgan fingerprint density at radius 2 is 1.70 bits per heavy atom. The van der Waals surface area contributed by atoms with Crippen LogP contribution in [-0.4, -0.2) is 31.1 Å². The van der Waals surface area contributed by atoms with Gasteiger partial charge in [0.25, 0.3) is 0 Å². The number of ether oxygens (including phenoxy) is 1. The van der Waals surface area contributed by atoms with E-state index < -0.39 is 11.9 Å². The second-order valence-electron chi connectivity index (χ2n) is 4.75. The maximum Gasteiger partial charge on any atom is 0.312 e. The minimum Gasteiger partial charge on any atom is -0.481 e. The number of carboxylic acid groups (broad SMARTS) is 1. The second kappa shape index (κ2) is 11.0. The maximum absolute atomic E-state index is 10.8. The van der Waals surface area contributed by atoms with Crippen LogP contribution in [0.1, 0.15) is 17.0 Å². The molecule has 2 aromatic carbocycles. The lowest BCUT2D eigenvalue weighted by Crippen LogP contribution is -2.25. The van der Waals surface area contributed by atoms with Crippen LogP contribution in [-0.2, 0) is 20.9 Å². The molecule has 2 N–H and O–H groups in total. The van der Waals surface area contributed by atoms with Gasteiger partial charge in [0.15, 0.2) is 0 Å². The van der Waals surface area contributed by atoms with Crippen LogP contribution in [0.4, 0.5) is 0 Å². The van der Waals surface area contributed by atoms with Crippen LogP contribution in [0.2, 0.25) is 0 Å². The van der Waals surface area contributed by atoms with Crippen molar-refractivity contribution in [3.05, 3.63) is 71.8 Å². The Bertz CT molecular complexity index is 572. The molecule has 1 amide bonds. The average molecular weight is 315 g/mol. The van der Waals surface area contributed by atoms with Gasteiger partial charge in [0.05, 0.1) is 12.5 Å². The van der Waals surface area contributed by atoms with Crippen LogP contribution >= 0.6 is 0 Å². The van der Waals surface area contributed by atoms with Crippen LogP contribution in [0.25, 0.3) is 0 Å². The first kappa shape index (κ1) is 18.4. The third kappa shape index (κ3) is 7.24.